The van der Waals surface area contributed by atoms with Crippen LogP contribution in [0.25, 0.3) is 0 Å². The van der Waals surface area contributed by atoms with E-state index in [1.165, 1.54) is 10.5 Å². The lowest BCUT2D eigenvalue weighted by Gasteiger charge is -2.26. The fraction of sp³-hybridized carbons (Fsp3) is 0.571. The van der Waals surface area contributed by atoms with E-state index in [1.807, 2.05) is 13.0 Å². The minimum atomic E-state index is -3.68. The van der Waals surface area contributed by atoms with Crippen LogP contribution in [0.5, 0.6) is 0 Å². The largest absolute Gasteiger partial charge is 0.384 e. The molecule has 0 aliphatic carbocycles. The number of hydrogen-bond acceptors (Lipinski definition) is 5. The molecule has 7 heteroatoms. The van der Waals surface area contributed by atoms with E-state index in [0.29, 0.717) is 12.2 Å². The lowest BCUT2D eigenvalue weighted by atomic mass is 10.3. The predicted octanol–water partition coefficient (Wildman–Crippen LogP) is 2.22. The average Bonchev–Trinajstić information content (AvgIpc) is 2.45. The fourth-order valence-electron chi connectivity index (χ4n) is 1.93. The molecule has 0 bridgehead atoms. The Hall–Kier alpha value is -1.65. The minimum Gasteiger partial charge on any atom is -0.384 e. The quantitative estimate of drug-likeness (QED) is 0.795. The number of nitriles is 1. The molecule has 116 valence electrons. The Morgan fingerprint density at radius 3 is 2.76 bits per heavy atom. The van der Waals surface area contributed by atoms with Gasteiger partial charge < -0.3 is 5.32 Å². The molecule has 0 saturated heterocycles. The van der Waals surface area contributed by atoms with Gasteiger partial charge in [-0.3, -0.25) is 4.98 Å². The van der Waals surface area contributed by atoms with Crippen LogP contribution in [0.4, 0.5) is 5.69 Å². The van der Waals surface area contributed by atoms with Crippen molar-refractivity contribution in [2.24, 2.45) is 0 Å². The van der Waals surface area contributed by atoms with Crippen LogP contribution in [-0.2, 0) is 10.0 Å². The summed E-state index contributed by atoms with van der Waals surface area (Å²) in [4.78, 5) is 4.09. The van der Waals surface area contributed by atoms with Crippen molar-refractivity contribution in [2.75, 3.05) is 18.4 Å². The maximum atomic E-state index is 12.8. The standard InChI is InChI=1S/C14H22N4O2S/c1-4-8-17-13-6-9-16-11-14(13)21(19,20)18(12(2)3)10-5-7-15/h6,9,11-12H,4-5,8,10H2,1-3H3,(H,16,17). The van der Waals surface area contributed by atoms with Gasteiger partial charge in [-0.25, -0.2) is 8.42 Å². The van der Waals surface area contributed by atoms with E-state index < -0.39 is 10.0 Å². The molecule has 0 aromatic carbocycles. The topological polar surface area (TPSA) is 86.1 Å². The summed E-state index contributed by atoms with van der Waals surface area (Å²) in [5, 5.41) is 11.8. The van der Waals surface area contributed by atoms with Crippen molar-refractivity contribution >= 4 is 15.7 Å². The van der Waals surface area contributed by atoms with Crippen molar-refractivity contribution in [2.45, 2.75) is 44.6 Å². The van der Waals surface area contributed by atoms with Crippen molar-refractivity contribution in [3.63, 3.8) is 0 Å². The summed E-state index contributed by atoms with van der Waals surface area (Å²) in [6.07, 6.45) is 3.97. The molecule has 0 amide bonds. The number of aromatic nitrogens is 1. The Labute approximate surface area is 126 Å². The number of nitrogens with zero attached hydrogens (tertiary/aromatic N) is 3. The number of rotatable bonds is 8. The van der Waals surface area contributed by atoms with E-state index >= 15 is 0 Å². The highest BCUT2D eigenvalue weighted by atomic mass is 32.2. The molecule has 0 saturated carbocycles. The van der Waals surface area contributed by atoms with Gasteiger partial charge >= 0.3 is 0 Å². The zero-order valence-electron chi connectivity index (χ0n) is 12.7. The molecule has 0 spiro atoms. The summed E-state index contributed by atoms with van der Waals surface area (Å²) in [5.74, 6) is 0. The van der Waals surface area contributed by atoms with Crippen LogP contribution in [0.3, 0.4) is 0 Å². The molecule has 0 fully saturated rings. The van der Waals surface area contributed by atoms with Crippen molar-refractivity contribution < 1.29 is 8.42 Å². The summed E-state index contributed by atoms with van der Waals surface area (Å²) in [6, 6.07) is 3.43. The summed E-state index contributed by atoms with van der Waals surface area (Å²) >= 11 is 0. The molecule has 0 radical (unpaired) electrons. The molecule has 0 aliphatic rings. The second kappa shape index (κ2) is 7.96. The first-order valence-electron chi connectivity index (χ1n) is 7.01. The molecule has 1 heterocycles. The molecule has 21 heavy (non-hydrogen) atoms. The third-order valence-electron chi connectivity index (χ3n) is 2.96. The highest BCUT2D eigenvalue weighted by Crippen LogP contribution is 2.25. The van der Waals surface area contributed by atoms with Crippen molar-refractivity contribution in [3.05, 3.63) is 18.5 Å². The van der Waals surface area contributed by atoms with Gasteiger partial charge in [0.25, 0.3) is 0 Å². The van der Waals surface area contributed by atoms with E-state index in [-0.39, 0.29) is 23.9 Å². The second-order valence-corrected chi connectivity index (χ2v) is 6.78. The predicted molar refractivity (Wildman–Crippen MR) is 82.3 cm³/mol. The van der Waals surface area contributed by atoms with Crippen LogP contribution in [-0.4, -0.2) is 36.8 Å². The SMILES string of the molecule is CCCNc1ccncc1S(=O)(=O)N(CCC#N)C(C)C. The second-order valence-electron chi connectivity index (χ2n) is 4.92. The van der Waals surface area contributed by atoms with Crippen LogP contribution < -0.4 is 5.32 Å². The van der Waals surface area contributed by atoms with Crippen molar-refractivity contribution in [1.82, 2.24) is 9.29 Å². The number of hydrogen-bond donors (Lipinski definition) is 1. The maximum absolute atomic E-state index is 12.8. The van der Waals surface area contributed by atoms with E-state index in [4.69, 9.17) is 5.26 Å². The molecular formula is C14H22N4O2S. The zero-order valence-corrected chi connectivity index (χ0v) is 13.5. The Balaban J connectivity index is 3.19. The van der Waals surface area contributed by atoms with Gasteiger partial charge in [-0.1, -0.05) is 6.92 Å². The highest BCUT2D eigenvalue weighted by Gasteiger charge is 2.29. The molecule has 1 aromatic rings. The van der Waals surface area contributed by atoms with E-state index in [9.17, 15) is 8.42 Å². The Morgan fingerprint density at radius 1 is 1.48 bits per heavy atom. The highest BCUT2D eigenvalue weighted by molar-refractivity contribution is 7.89. The first kappa shape index (κ1) is 17.4. The lowest BCUT2D eigenvalue weighted by molar-refractivity contribution is 0.360. The van der Waals surface area contributed by atoms with Gasteiger partial charge in [-0.2, -0.15) is 9.57 Å². The normalized spacial score (nSPS) is 11.6. The minimum absolute atomic E-state index is 0.157. The summed E-state index contributed by atoms with van der Waals surface area (Å²) in [6.45, 7) is 6.47. The average molecular weight is 310 g/mol. The summed E-state index contributed by atoms with van der Waals surface area (Å²) in [5.41, 5.74) is 0.550. The third-order valence-corrected chi connectivity index (χ3v) is 5.06. The van der Waals surface area contributed by atoms with Crippen LogP contribution in [0.1, 0.15) is 33.6 Å². The Kier molecular flexibility index (Phi) is 6.59. The monoisotopic (exact) mass is 310 g/mol. The molecule has 1 aromatic heterocycles. The lowest BCUT2D eigenvalue weighted by Crippen LogP contribution is -2.38. The smallest absolute Gasteiger partial charge is 0.246 e. The fourth-order valence-corrected chi connectivity index (χ4v) is 3.69. The van der Waals surface area contributed by atoms with Gasteiger partial charge in [0, 0.05) is 37.9 Å². The molecule has 0 atom stereocenters. The van der Waals surface area contributed by atoms with Gasteiger partial charge in [0.05, 0.1) is 11.8 Å². The zero-order chi connectivity index (χ0) is 15.9. The van der Waals surface area contributed by atoms with Crippen molar-refractivity contribution in [3.8, 4) is 6.07 Å². The summed E-state index contributed by atoms with van der Waals surface area (Å²) in [7, 11) is -3.68. The third kappa shape index (κ3) is 4.41. The number of anilines is 1. The van der Waals surface area contributed by atoms with Crippen molar-refractivity contribution in [1.29, 1.82) is 5.26 Å². The number of sulfonamides is 1. The van der Waals surface area contributed by atoms with E-state index in [1.54, 1.807) is 26.1 Å². The van der Waals surface area contributed by atoms with Crippen LogP contribution in [0, 0.1) is 11.3 Å². The van der Waals surface area contributed by atoms with Gasteiger partial charge in [0.15, 0.2) is 0 Å². The van der Waals surface area contributed by atoms with Gasteiger partial charge in [-0.15, -0.1) is 0 Å². The van der Waals surface area contributed by atoms with Crippen LogP contribution in [0.2, 0.25) is 0 Å². The maximum Gasteiger partial charge on any atom is 0.246 e. The number of nitrogens with one attached hydrogen (secondary N) is 1. The van der Waals surface area contributed by atoms with Crippen LogP contribution in [0.15, 0.2) is 23.4 Å². The summed E-state index contributed by atoms with van der Waals surface area (Å²) < 4.78 is 26.9. The first-order valence-corrected chi connectivity index (χ1v) is 8.45. The Bertz CT molecular complexity index is 593. The molecular weight excluding hydrogens is 288 g/mol. The first-order chi connectivity index (χ1) is 9.95. The molecule has 6 nitrogen and oxygen atoms in total. The molecule has 1 rings (SSSR count). The van der Waals surface area contributed by atoms with Gasteiger partial charge in [-0.05, 0) is 26.3 Å². The van der Waals surface area contributed by atoms with E-state index in [2.05, 4.69) is 10.3 Å². The van der Waals surface area contributed by atoms with Gasteiger partial charge in [0.1, 0.15) is 4.90 Å². The van der Waals surface area contributed by atoms with Crippen LogP contribution >= 0.6 is 0 Å². The van der Waals surface area contributed by atoms with E-state index in [0.717, 1.165) is 6.42 Å². The number of pyridine rings is 1. The Morgan fingerprint density at radius 2 is 2.19 bits per heavy atom. The molecule has 0 unspecified atom stereocenters. The molecule has 1 N–H and O–H groups in total. The molecule has 0 aliphatic heterocycles. The van der Waals surface area contributed by atoms with Gasteiger partial charge in [0.2, 0.25) is 10.0 Å².